The Bertz CT molecular complexity index is 504. The lowest BCUT2D eigenvalue weighted by Crippen LogP contribution is -2.17. The number of aryl methyl sites for hydroxylation is 1. The molecule has 0 aliphatic rings. The minimum absolute atomic E-state index is 0.0302. The molecule has 0 aliphatic carbocycles. The molecule has 0 radical (unpaired) electrons. The molecule has 1 N–H and O–H groups in total. The highest BCUT2D eigenvalue weighted by Gasteiger charge is 2.13. The predicted octanol–water partition coefficient (Wildman–Crippen LogP) is 2.63. The van der Waals surface area contributed by atoms with Crippen LogP contribution < -0.4 is 10.1 Å². The predicted molar refractivity (Wildman–Crippen MR) is 84.9 cm³/mol. The minimum Gasteiger partial charge on any atom is -0.495 e. The summed E-state index contributed by atoms with van der Waals surface area (Å²) >= 11 is 1.41. The minimum atomic E-state index is -0.268. The van der Waals surface area contributed by atoms with Crippen LogP contribution >= 0.6 is 11.8 Å². The molecule has 21 heavy (non-hydrogen) atoms. The molecule has 0 heterocycles. The molecule has 0 bridgehead atoms. The second kappa shape index (κ2) is 8.56. The van der Waals surface area contributed by atoms with E-state index in [4.69, 9.17) is 4.74 Å². The number of thioether (sulfide) groups is 1. The van der Waals surface area contributed by atoms with Crippen molar-refractivity contribution in [3.63, 3.8) is 0 Å². The molecular formula is C15H21NO4S. The zero-order valence-corrected chi connectivity index (χ0v) is 13.6. The van der Waals surface area contributed by atoms with Crippen molar-refractivity contribution in [2.45, 2.75) is 25.5 Å². The van der Waals surface area contributed by atoms with Gasteiger partial charge in [0.15, 0.2) is 0 Å². The number of hydrogen-bond acceptors (Lipinski definition) is 5. The normalized spacial score (nSPS) is 11.6. The van der Waals surface area contributed by atoms with Gasteiger partial charge >= 0.3 is 5.97 Å². The molecule has 1 atom stereocenters. The highest BCUT2D eigenvalue weighted by Crippen LogP contribution is 2.25. The largest absolute Gasteiger partial charge is 0.495 e. The molecule has 1 unspecified atom stereocenters. The van der Waals surface area contributed by atoms with Crippen molar-refractivity contribution in [1.82, 2.24) is 0 Å². The highest BCUT2D eigenvalue weighted by molar-refractivity contribution is 8.00. The fourth-order valence-corrected chi connectivity index (χ4v) is 2.46. The van der Waals surface area contributed by atoms with Crippen molar-refractivity contribution in [1.29, 1.82) is 0 Å². The van der Waals surface area contributed by atoms with Crippen LogP contribution in [0.2, 0.25) is 0 Å². The number of hydrogen-bond donors (Lipinski definition) is 1. The summed E-state index contributed by atoms with van der Waals surface area (Å²) in [5.74, 6) is 0.507. The van der Waals surface area contributed by atoms with E-state index in [1.807, 2.05) is 32.0 Å². The number of benzene rings is 1. The van der Waals surface area contributed by atoms with Crippen LogP contribution in [-0.2, 0) is 14.3 Å². The van der Waals surface area contributed by atoms with Gasteiger partial charge in [0.25, 0.3) is 0 Å². The number of anilines is 1. The van der Waals surface area contributed by atoms with E-state index in [9.17, 15) is 9.59 Å². The molecule has 5 nitrogen and oxygen atoms in total. The molecule has 1 aromatic carbocycles. The Labute approximate surface area is 129 Å². The summed E-state index contributed by atoms with van der Waals surface area (Å²) in [7, 11) is 2.92. The number of carbonyl (C=O) groups is 2. The van der Waals surface area contributed by atoms with Crippen LogP contribution in [0.3, 0.4) is 0 Å². The van der Waals surface area contributed by atoms with Crippen LogP contribution in [0.4, 0.5) is 5.69 Å². The maximum atomic E-state index is 11.9. The maximum absolute atomic E-state index is 11.9. The van der Waals surface area contributed by atoms with E-state index in [2.05, 4.69) is 10.1 Å². The average Bonchev–Trinajstić information content (AvgIpc) is 2.45. The van der Waals surface area contributed by atoms with E-state index in [0.717, 1.165) is 5.56 Å². The summed E-state index contributed by atoms with van der Waals surface area (Å²) in [5, 5.41) is 2.85. The smallest absolute Gasteiger partial charge is 0.306 e. The number of nitrogens with one attached hydrogen (secondary N) is 1. The van der Waals surface area contributed by atoms with Gasteiger partial charge in [0, 0.05) is 5.25 Å². The fourth-order valence-electron chi connectivity index (χ4n) is 1.70. The first kappa shape index (κ1) is 17.4. The second-order valence-electron chi connectivity index (χ2n) is 4.65. The van der Waals surface area contributed by atoms with Crippen LogP contribution in [0.1, 0.15) is 18.9 Å². The van der Waals surface area contributed by atoms with Gasteiger partial charge in [-0.15, -0.1) is 11.8 Å². The van der Waals surface area contributed by atoms with E-state index in [0.29, 0.717) is 17.9 Å². The second-order valence-corrected chi connectivity index (χ2v) is 6.08. The first-order chi connectivity index (χ1) is 9.96. The highest BCUT2D eigenvalue weighted by atomic mass is 32.2. The van der Waals surface area contributed by atoms with E-state index in [1.54, 1.807) is 7.11 Å². The van der Waals surface area contributed by atoms with Gasteiger partial charge in [-0.1, -0.05) is 13.0 Å². The molecule has 1 aromatic rings. The molecule has 0 saturated carbocycles. The van der Waals surface area contributed by atoms with E-state index < -0.39 is 0 Å². The van der Waals surface area contributed by atoms with Crippen LogP contribution in [-0.4, -0.2) is 37.1 Å². The lowest BCUT2D eigenvalue weighted by molar-refractivity contribution is -0.140. The van der Waals surface area contributed by atoms with Crippen LogP contribution in [0.25, 0.3) is 0 Å². The fraction of sp³-hybridized carbons (Fsp3) is 0.467. The van der Waals surface area contributed by atoms with Gasteiger partial charge in [0.05, 0.1) is 32.1 Å². The standard InChI is InChI=1S/C15H21NO4S/c1-10-5-6-13(19-3)12(7-10)16-14(17)9-21-11(2)8-15(18)20-4/h5-7,11H,8-9H2,1-4H3,(H,16,17). The topological polar surface area (TPSA) is 64.6 Å². The van der Waals surface area contributed by atoms with Crippen molar-refractivity contribution in [2.75, 3.05) is 25.3 Å². The van der Waals surface area contributed by atoms with Gasteiger partial charge in [-0.2, -0.15) is 0 Å². The maximum Gasteiger partial charge on any atom is 0.306 e. The van der Waals surface area contributed by atoms with E-state index >= 15 is 0 Å². The quantitative estimate of drug-likeness (QED) is 0.784. The SMILES string of the molecule is COC(=O)CC(C)SCC(=O)Nc1cc(C)ccc1OC. The lowest BCUT2D eigenvalue weighted by atomic mass is 10.2. The molecular weight excluding hydrogens is 290 g/mol. The van der Waals surface area contributed by atoms with Crippen molar-refractivity contribution in [2.24, 2.45) is 0 Å². The summed E-state index contributed by atoms with van der Waals surface area (Å²) in [5.41, 5.74) is 1.70. The summed E-state index contributed by atoms with van der Waals surface area (Å²) in [6, 6.07) is 5.60. The Morgan fingerprint density at radius 1 is 1.33 bits per heavy atom. The van der Waals surface area contributed by atoms with E-state index in [-0.39, 0.29) is 22.9 Å². The third kappa shape index (κ3) is 6.08. The number of rotatable bonds is 7. The Kier molecular flexibility index (Phi) is 7.08. The van der Waals surface area contributed by atoms with E-state index in [1.165, 1.54) is 18.9 Å². The molecule has 6 heteroatoms. The number of ether oxygens (including phenoxy) is 2. The van der Waals surface area contributed by atoms with Crippen LogP contribution in [0.5, 0.6) is 5.75 Å². The molecule has 116 valence electrons. The zero-order chi connectivity index (χ0) is 15.8. The molecule has 1 rings (SSSR count). The number of methoxy groups -OCH3 is 2. The van der Waals surface area contributed by atoms with Gasteiger partial charge < -0.3 is 14.8 Å². The van der Waals surface area contributed by atoms with Crippen molar-refractivity contribution < 1.29 is 19.1 Å². The first-order valence-electron chi connectivity index (χ1n) is 6.59. The van der Waals surface area contributed by atoms with Crippen LogP contribution in [0, 0.1) is 6.92 Å². The zero-order valence-electron chi connectivity index (χ0n) is 12.8. The first-order valence-corrected chi connectivity index (χ1v) is 7.64. The molecule has 0 spiro atoms. The Hall–Kier alpha value is -1.69. The third-order valence-corrected chi connectivity index (χ3v) is 3.97. The summed E-state index contributed by atoms with van der Waals surface area (Å²) in [4.78, 5) is 23.1. The van der Waals surface area contributed by atoms with Crippen molar-refractivity contribution in [3.8, 4) is 5.75 Å². The summed E-state index contributed by atoms with van der Waals surface area (Å²) in [6.07, 6.45) is 0.294. The van der Waals surface area contributed by atoms with Gasteiger partial charge in [0.1, 0.15) is 5.75 Å². The molecule has 0 fully saturated rings. The Morgan fingerprint density at radius 2 is 2.05 bits per heavy atom. The molecule has 0 saturated heterocycles. The third-order valence-electron chi connectivity index (χ3n) is 2.81. The monoisotopic (exact) mass is 311 g/mol. The number of esters is 1. The molecule has 0 aliphatic heterocycles. The molecule has 1 amide bonds. The van der Waals surface area contributed by atoms with Gasteiger partial charge in [-0.25, -0.2) is 0 Å². The Morgan fingerprint density at radius 3 is 2.67 bits per heavy atom. The number of carbonyl (C=O) groups excluding carboxylic acids is 2. The average molecular weight is 311 g/mol. The summed E-state index contributed by atoms with van der Waals surface area (Å²) in [6.45, 7) is 3.84. The van der Waals surface area contributed by atoms with Crippen LogP contribution in [0.15, 0.2) is 18.2 Å². The molecule has 0 aromatic heterocycles. The Balaban J connectivity index is 2.50. The van der Waals surface area contributed by atoms with Crippen molar-refractivity contribution >= 4 is 29.3 Å². The summed E-state index contributed by atoms with van der Waals surface area (Å²) < 4.78 is 9.81. The number of amides is 1. The van der Waals surface area contributed by atoms with Crippen molar-refractivity contribution in [3.05, 3.63) is 23.8 Å². The van der Waals surface area contributed by atoms with Gasteiger partial charge in [-0.05, 0) is 24.6 Å². The van der Waals surface area contributed by atoms with Gasteiger partial charge in [-0.3, -0.25) is 9.59 Å². The lowest BCUT2D eigenvalue weighted by Gasteiger charge is -2.12. The van der Waals surface area contributed by atoms with Gasteiger partial charge in [0.2, 0.25) is 5.91 Å².